The van der Waals surface area contributed by atoms with Crippen molar-refractivity contribution in [3.63, 3.8) is 0 Å². The lowest BCUT2D eigenvalue weighted by Gasteiger charge is -2.06. The van der Waals surface area contributed by atoms with Gasteiger partial charge in [-0.05, 0) is 41.9 Å². The number of ether oxygens (including phenoxy) is 2. The maximum absolute atomic E-state index is 5.54. The van der Waals surface area contributed by atoms with Crippen molar-refractivity contribution >= 4 is 10.8 Å². The van der Waals surface area contributed by atoms with Gasteiger partial charge in [0.25, 0.3) is 0 Å². The van der Waals surface area contributed by atoms with Gasteiger partial charge in [-0.3, -0.25) is 0 Å². The molecule has 0 saturated carbocycles. The minimum atomic E-state index is 0.765. The molecule has 0 amide bonds. The quantitative estimate of drug-likeness (QED) is 0.775. The second-order valence-corrected chi connectivity index (χ2v) is 4.51. The third kappa shape index (κ3) is 3.94. The minimum absolute atomic E-state index is 0.765. The van der Waals surface area contributed by atoms with Gasteiger partial charge in [0.1, 0.15) is 5.75 Å². The summed E-state index contributed by atoms with van der Waals surface area (Å²) in [6.07, 6.45) is 0.950. The number of hydrogen-bond acceptors (Lipinski definition) is 3. The summed E-state index contributed by atoms with van der Waals surface area (Å²) in [4.78, 5) is 0. The Kier molecular flexibility index (Phi) is 5.19. The first-order chi connectivity index (χ1) is 9.33. The summed E-state index contributed by atoms with van der Waals surface area (Å²) in [5.41, 5.74) is 1.31. The lowest BCUT2D eigenvalue weighted by atomic mass is 10.1. The molecule has 102 valence electrons. The number of nitrogens with one attached hydrogen (secondary N) is 1. The summed E-state index contributed by atoms with van der Waals surface area (Å²) in [6, 6.07) is 12.7. The van der Waals surface area contributed by atoms with Crippen LogP contribution in [0.1, 0.15) is 5.56 Å². The first-order valence-corrected chi connectivity index (χ1v) is 6.62. The molecule has 0 saturated heterocycles. The second-order valence-electron chi connectivity index (χ2n) is 4.51. The molecule has 0 heterocycles. The number of fused-ring (bicyclic) bond motifs is 1. The highest BCUT2D eigenvalue weighted by Crippen LogP contribution is 2.22. The van der Waals surface area contributed by atoms with E-state index < -0.39 is 0 Å². The van der Waals surface area contributed by atoms with Gasteiger partial charge in [0.15, 0.2) is 0 Å². The molecule has 2 aromatic carbocycles. The number of likely N-dealkylation sites (N-methyl/N-ethyl adjacent to an activating group) is 1. The molecule has 0 aliphatic rings. The zero-order chi connectivity index (χ0) is 13.5. The Labute approximate surface area is 114 Å². The maximum Gasteiger partial charge on any atom is 0.119 e. The molecular formula is C16H21NO2. The monoisotopic (exact) mass is 259 g/mol. The highest BCUT2D eigenvalue weighted by atomic mass is 16.5. The molecule has 0 aliphatic carbocycles. The van der Waals surface area contributed by atoms with Crippen LogP contribution in [-0.2, 0) is 11.2 Å². The van der Waals surface area contributed by atoms with E-state index in [4.69, 9.17) is 9.47 Å². The van der Waals surface area contributed by atoms with Gasteiger partial charge in [-0.2, -0.15) is 0 Å². The fourth-order valence-corrected chi connectivity index (χ4v) is 2.02. The van der Waals surface area contributed by atoms with Crippen LogP contribution < -0.4 is 10.1 Å². The highest BCUT2D eigenvalue weighted by molar-refractivity contribution is 5.84. The summed E-state index contributed by atoms with van der Waals surface area (Å²) in [5, 5.41) is 5.52. The van der Waals surface area contributed by atoms with E-state index in [1.807, 2.05) is 13.1 Å². The van der Waals surface area contributed by atoms with Gasteiger partial charge in [-0.25, -0.2) is 0 Å². The first kappa shape index (κ1) is 13.8. The van der Waals surface area contributed by atoms with Crippen molar-refractivity contribution in [3.05, 3.63) is 42.0 Å². The van der Waals surface area contributed by atoms with Crippen LogP contribution in [0.25, 0.3) is 10.8 Å². The van der Waals surface area contributed by atoms with Crippen molar-refractivity contribution in [2.45, 2.75) is 6.42 Å². The smallest absolute Gasteiger partial charge is 0.119 e. The fourth-order valence-electron chi connectivity index (χ4n) is 2.02. The van der Waals surface area contributed by atoms with E-state index in [1.54, 1.807) is 7.11 Å². The summed E-state index contributed by atoms with van der Waals surface area (Å²) < 4.78 is 10.8. The van der Waals surface area contributed by atoms with Crippen LogP contribution in [0.4, 0.5) is 0 Å². The molecule has 3 nitrogen and oxygen atoms in total. The number of benzene rings is 2. The molecule has 0 fully saturated rings. The van der Waals surface area contributed by atoms with Crippen molar-refractivity contribution in [2.24, 2.45) is 0 Å². The molecule has 0 aliphatic heterocycles. The Morgan fingerprint density at radius 2 is 1.79 bits per heavy atom. The third-order valence-corrected chi connectivity index (χ3v) is 3.14. The van der Waals surface area contributed by atoms with Gasteiger partial charge >= 0.3 is 0 Å². The molecule has 0 unspecified atom stereocenters. The lowest BCUT2D eigenvalue weighted by molar-refractivity contribution is 0.140. The van der Waals surface area contributed by atoms with E-state index in [0.717, 1.165) is 31.9 Å². The second kappa shape index (κ2) is 7.12. The largest absolute Gasteiger partial charge is 0.497 e. The standard InChI is InChI=1S/C16H21NO2/c1-17-8-10-19-9-7-13-3-4-15-12-16(18-2)6-5-14(15)11-13/h3-6,11-12,17H,7-10H2,1-2H3. The van der Waals surface area contributed by atoms with Crippen molar-refractivity contribution in [2.75, 3.05) is 33.9 Å². The van der Waals surface area contributed by atoms with Gasteiger partial charge in [-0.15, -0.1) is 0 Å². The zero-order valence-electron chi connectivity index (χ0n) is 11.6. The number of methoxy groups -OCH3 is 1. The molecule has 0 aromatic heterocycles. The van der Waals surface area contributed by atoms with Gasteiger partial charge in [0, 0.05) is 6.54 Å². The first-order valence-electron chi connectivity index (χ1n) is 6.62. The van der Waals surface area contributed by atoms with E-state index in [0.29, 0.717) is 0 Å². The summed E-state index contributed by atoms with van der Waals surface area (Å²) in [6.45, 7) is 2.43. The van der Waals surface area contributed by atoms with Gasteiger partial charge in [0.05, 0.1) is 20.3 Å². The Balaban J connectivity index is 1.97. The SMILES string of the molecule is CNCCOCCc1ccc2cc(OC)ccc2c1. The van der Waals surface area contributed by atoms with Gasteiger partial charge in [0.2, 0.25) is 0 Å². The molecule has 1 N–H and O–H groups in total. The Morgan fingerprint density at radius 1 is 1.00 bits per heavy atom. The zero-order valence-corrected chi connectivity index (χ0v) is 11.6. The van der Waals surface area contributed by atoms with Crippen LogP contribution >= 0.6 is 0 Å². The molecule has 19 heavy (non-hydrogen) atoms. The molecule has 0 spiro atoms. The van der Waals surface area contributed by atoms with E-state index in [2.05, 4.69) is 35.6 Å². The minimum Gasteiger partial charge on any atom is -0.497 e. The Hall–Kier alpha value is -1.58. The van der Waals surface area contributed by atoms with Crippen molar-refractivity contribution in [1.29, 1.82) is 0 Å². The molecule has 2 aromatic rings. The average molecular weight is 259 g/mol. The predicted molar refractivity (Wildman–Crippen MR) is 78.9 cm³/mol. The van der Waals surface area contributed by atoms with Crippen molar-refractivity contribution in [3.8, 4) is 5.75 Å². The van der Waals surface area contributed by atoms with Crippen LogP contribution in [0.15, 0.2) is 36.4 Å². The summed E-state index contributed by atoms with van der Waals surface area (Å²) in [7, 11) is 3.62. The maximum atomic E-state index is 5.54. The van der Waals surface area contributed by atoms with Crippen LogP contribution in [-0.4, -0.2) is 33.9 Å². The lowest BCUT2D eigenvalue weighted by Crippen LogP contribution is -2.15. The van der Waals surface area contributed by atoms with Crippen molar-refractivity contribution < 1.29 is 9.47 Å². The molecule has 0 radical (unpaired) electrons. The Bertz CT molecular complexity index is 525. The van der Waals surface area contributed by atoms with E-state index in [9.17, 15) is 0 Å². The average Bonchev–Trinajstić information content (AvgIpc) is 2.46. The van der Waals surface area contributed by atoms with Crippen molar-refractivity contribution in [1.82, 2.24) is 5.32 Å². The van der Waals surface area contributed by atoms with Crippen LogP contribution in [0.2, 0.25) is 0 Å². The summed E-state index contributed by atoms with van der Waals surface area (Å²) >= 11 is 0. The molecular weight excluding hydrogens is 238 g/mol. The number of rotatable bonds is 7. The molecule has 0 atom stereocenters. The van der Waals surface area contributed by atoms with Crippen LogP contribution in [0.3, 0.4) is 0 Å². The van der Waals surface area contributed by atoms with Gasteiger partial charge in [-0.1, -0.05) is 24.3 Å². The molecule has 3 heteroatoms. The van der Waals surface area contributed by atoms with E-state index in [1.165, 1.54) is 16.3 Å². The fraction of sp³-hybridized carbons (Fsp3) is 0.375. The molecule has 0 bridgehead atoms. The van der Waals surface area contributed by atoms with Gasteiger partial charge < -0.3 is 14.8 Å². The van der Waals surface area contributed by atoms with Crippen LogP contribution in [0.5, 0.6) is 5.75 Å². The number of hydrogen-bond donors (Lipinski definition) is 1. The molecule has 2 rings (SSSR count). The van der Waals surface area contributed by atoms with E-state index in [-0.39, 0.29) is 0 Å². The predicted octanol–water partition coefficient (Wildman–Crippen LogP) is 2.63. The van der Waals surface area contributed by atoms with E-state index >= 15 is 0 Å². The Morgan fingerprint density at radius 3 is 2.58 bits per heavy atom. The topological polar surface area (TPSA) is 30.5 Å². The van der Waals surface area contributed by atoms with Crippen LogP contribution in [0, 0.1) is 0 Å². The normalized spacial score (nSPS) is 10.8. The highest BCUT2D eigenvalue weighted by Gasteiger charge is 1.99. The summed E-state index contributed by atoms with van der Waals surface area (Å²) in [5.74, 6) is 0.899. The third-order valence-electron chi connectivity index (χ3n) is 3.14.